The Kier molecular flexibility index (Phi) is 7.52. The molecule has 0 aliphatic carbocycles. The first-order valence-corrected chi connectivity index (χ1v) is 12.8. The molecule has 0 aliphatic heterocycles. The predicted octanol–water partition coefficient (Wildman–Crippen LogP) is 7.47. The summed E-state index contributed by atoms with van der Waals surface area (Å²) in [4.78, 5) is 12.7. The Balaban J connectivity index is 1.15. The van der Waals surface area contributed by atoms with Crippen LogP contribution >= 0.6 is 11.6 Å². The van der Waals surface area contributed by atoms with Gasteiger partial charge in [0.1, 0.15) is 23.9 Å². The van der Waals surface area contributed by atoms with E-state index in [0.29, 0.717) is 34.3 Å². The zero-order valence-corrected chi connectivity index (χ0v) is 22.3. The van der Waals surface area contributed by atoms with Crippen molar-refractivity contribution < 1.29 is 18.3 Å². The number of ether oxygens (including phenoxy) is 1. The van der Waals surface area contributed by atoms with Crippen molar-refractivity contribution in [3.05, 3.63) is 136 Å². The highest BCUT2D eigenvalue weighted by Gasteiger charge is 2.22. The maximum Gasteiger partial charge on any atom is 0.291 e. The standard InChI is InChI=1S/C31H27ClFN3O3/c1-31(2,22-6-4-3-5-7-22)23-9-12-26(13-10-23)38-20-27-14-15-29(39-27)30(37)35-25-17-34-36(19-25)18-21-8-11-24(33)16-28(21)32/h3-17,19H,18,20H2,1-2H3,(H,35,37). The molecule has 0 radical (unpaired) electrons. The van der Waals surface area contributed by atoms with Crippen LogP contribution in [0, 0.1) is 5.82 Å². The minimum atomic E-state index is -0.409. The van der Waals surface area contributed by atoms with E-state index in [4.69, 9.17) is 20.8 Å². The molecule has 8 heteroatoms. The van der Waals surface area contributed by atoms with E-state index < -0.39 is 11.7 Å². The quantitative estimate of drug-likeness (QED) is 0.209. The fourth-order valence-corrected chi connectivity index (χ4v) is 4.48. The minimum absolute atomic E-state index is 0.131. The number of aromatic nitrogens is 2. The van der Waals surface area contributed by atoms with Gasteiger partial charge in [0.25, 0.3) is 5.91 Å². The molecule has 0 bridgehead atoms. The molecule has 0 unspecified atom stereocenters. The summed E-state index contributed by atoms with van der Waals surface area (Å²) in [7, 11) is 0. The molecular weight excluding hydrogens is 517 g/mol. The second-order valence-corrected chi connectivity index (χ2v) is 10.1. The molecule has 0 spiro atoms. The van der Waals surface area contributed by atoms with Gasteiger partial charge in [-0.15, -0.1) is 0 Å². The Bertz CT molecular complexity index is 1580. The Morgan fingerprint density at radius 2 is 1.77 bits per heavy atom. The summed E-state index contributed by atoms with van der Waals surface area (Å²) < 4.78 is 26.4. The van der Waals surface area contributed by atoms with Crippen LogP contribution in [0.3, 0.4) is 0 Å². The van der Waals surface area contributed by atoms with Gasteiger partial charge in [0, 0.05) is 16.6 Å². The summed E-state index contributed by atoms with van der Waals surface area (Å²) in [6.07, 6.45) is 3.18. The number of hydrogen-bond donors (Lipinski definition) is 1. The van der Waals surface area contributed by atoms with Gasteiger partial charge in [-0.3, -0.25) is 9.48 Å². The summed E-state index contributed by atoms with van der Waals surface area (Å²) in [6.45, 7) is 4.91. The molecule has 0 saturated carbocycles. The van der Waals surface area contributed by atoms with Crippen LogP contribution in [0.5, 0.6) is 5.75 Å². The van der Waals surface area contributed by atoms with Crippen molar-refractivity contribution in [3.8, 4) is 5.75 Å². The van der Waals surface area contributed by atoms with Crippen LogP contribution in [-0.4, -0.2) is 15.7 Å². The van der Waals surface area contributed by atoms with Gasteiger partial charge in [0.05, 0.1) is 18.4 Å². The second-order valence-electron chi connectivity index (χ2n) is 9.69. The maximum absolute atomic E-state index is 13.3. The van der Waals surface area contributed by atoms with E-state index in [1.54, 1.807) is 29.1 Å². The largest absolute Gasteiger partial charge is 0.486 e. The summed E-state index contributed by atoms with van der Waals surface area (Å²) >= 11 is 6.09. The first-order chi connectivity index (χ1) is 18.8. The smallest absolute Gasteiger partial charge is 0.291 e. The van der Waals surface area contributed by atoms with Crippen LogP contribution in [0.1, 0.15) is 46.9 Å². The third-order valence-corrected chi connectivity index (χ3v) is 6.93. The van der Waals surface area contributed by atoms with Gasteiger partial charge in [-0.25, -0.2) is 4.39 Å². The summed E-state index contributed by atoms with van der Waals surface area (Å²) in [6, 6.07) is 25.9. The number of carbonyl (C=O) groups excluding carboxylic acids is 1. The van der Waals surface area contributed by atoms with Crippen molar-refractivity contribution in [1.82, 2.24) is 9.78 Å². The maximum atomic E-state index is 13.3. The van der Waals surface area contributed by atoms with Crippen LogP contribution < -0.4 is 10.1 Å². The highest BCUT2D eigenvalue weighted by atomic mass is 35.5. The number of nitrogens with zero attached hydrogens (tertiary/aromatic N) is 2. The third kappa shape index (κ3) is 6.21. The van der Waals surface area contributed by atoms with Crippen LogP contribution in [0.2, 0.25) is 5.02 Å². The van der Waals surface area contributed by atoms with Crippen LogP contribution in [0.15, 0.2) is 102 Å². The molecule has 0 saturated heterocycles. The molecule has 0 aliphatic rings. The fraction of sp³-hybridized carbons (Fsp3) is 0.161. The van der Waals surface area contributed by atoms with Crippen molar-refractivity contribution in [2.75, 3.05) is 5.32 Å². The average molecular weight is 544 g/mol. The second kappa shape index (κ2) is 11.2. The molecule has 5 rings (SSSR count). The van der Waals surface area contributed by atoms with Gasteiger partial charge >= 0.3 is 0 Å². The predicted molar refractivity (Wildman–Crippen MR) is 149 cm³/mol. The number of rotatable bonds is 9. The SMILES string of the molecule is CC(C)(c1ccccc1)c1ccc(OCc2ccc(C(=O)Nc3cnn(Cc4ccc(F)cc4Cl)c3)o2)cc1. The van der Waals surface area contributed by atoms with E-state index in [9.17, 15) is 9.18 Å². The van der Waals surface area contributed by atoms with E-state index in [-0.39, 0.29) is 17.8 Å². The van der Waals surface area contributed by atoms with Gasteiger partial charge < -0.3 is 14.5 Å². The Labute approximate surface area is 231 Å². The molecule has 1 amide bonds. The Hall–Kier alpha value is -4.36. The molecule has 3 aromatic carbocycles. The first kappa shape index (κ1) is 26.3. The van der Waals surface area contributed by atoms with Crippen molar-refractivity contribution in [3.63, 3.8) is 0 Å². The monoisotopic (exact) mass is 543 g/mol. The molecule has 0 atom stereocenters. The summed E-state index contributed by atoms with van der Waals surface area (Å²) in [5, 5.41) is 7.30. The van der Waals surface area contributed by atoms with Gasteiger partial charge in [0.15, 0.2) is 5.76 Å². The molecule has 2 aromatic heterocycles. The van der Waals surface area contributed by atoms with Gasteiger partial charge in [-0.1, -0.05) is 74.0 Å². The number of anilines is 1. The molecule has 0 fully saturated rings. The number of nitrogens with one attached hydrogen (secondary N) is 1. The van der Waals surface area contributed by atoms with E-state index in [1.807, 2.05) is 30.3 Å². The van der Waals surface area contributed by atoms with Crippen molar-refractivity contribution in [2.45, 2.75) is 32.4 Å². The van der Waals surface area contributed by atoms with Gasteiger partial charge in [0.2, 0.25) is 0 Å². The van der Waals surface area contributed by atoms with Gasteiger partial charge in [-0.05, 0) is 53.1 Å². The molecule has 198 valence electrons. The molecule has 1 N–H and O–H groups in total. The number of carbonyl (C=O) groups is 1. The number of halogens is 2. The van der Waals surface area contributed by atoms with E-state index in [0.717, 1.165) is 0 Å². The normalized spacial score (nSPS) is 11.4. The van der Waals surface area contributed by atoms with E-state index >= 15 is 0 Å². The lowest BCUT2D eigenvalue weighted by Crippen LogP contribution is -2.18. The topological polar surface area (TPSA) is 69.3 Å². The number of benzene rings is 3. The first-order valence-electron chi connectivity index (χ1n) is 12.4. The van der Waals surface area contributed by atoms with Crippen molar-refractivity contribution in [1.29, 1.82) is 0 Å². The van der Waals surface area contributed by atoms with Crippen LogP contribution in [0.4, 0.5) is 10.1 Å². The van der Waals surface area contributed by atoms with Crippen molar-refractivity contribution in [2.24, 2.45) is 0 Å². The van der Waals surface area contributed by atoms with Crippen molar-refractivity contribution >= 4 is 23.2 Å². The summed E-state index contributed by atoms with van der Waals surface area (Å²) in [5.74, 6) is 0.575. The summed E-state index contributed by atoms with van der Waals surface area (Å²) in [5.41, 5.74) is 3.50. The van der Waals surface area contributed by atoms with Crippen LogP contribution in [-0.2, 0) is 18.6 Å². The Morgan fingerprint density at radius 3 is 2.51 bits per heavy atom. The van der Waals surface area contributed by atoms with E-state index in [2.05, 4.69) is 48.5 Å². The third-order valence-electron chi connectivity index (χ3n) is 6.58. The lowest BCUT2D eigenvalue weighted by Gasteiger charge is -2.26. The fourth-order valence-electron chi connectivity index (χ4n) is 4.25. The van der Waals surface area contributed by atoms with E-state index in [1.165, 1.54) is 29.5 Å². The van der Waals surface area contributed by atoms with Gasteiger partial charge in [-0.2, -0.15) is 5.10 Å². The molecule has 5 aromatic rings. The number of amides is 1. The Morgan fingerprint density at radius 1 is 1.03 bits per heavy atom. The average Bonchev–Trinajstić information content (AvgIpc) is 3.59. The lowest BCUT2D eigenvalue weighted by atomic mass is 9.78. The molecule has 39 heavy (non-hydrogen) atoms. The highest BCUT2D eigenvalue weighted by Crippen LogP contribution is 2.32. The molecular formula is C31H27ClFN3O3. The highest BCUT2D eigenvalue weighted by molar-refractivity contribution is 6.31. The number of furan rings is 1. The zero-order valence-electron chi connectivity index (χ0n) is 21.5. The minimum Gasteiger partial charge on any atom is -0.486 e. The number of hydrogen-bond acceptors (Lipinski definition) is 4. The zero-order chi connectivity index (χ0) is 27.4. The molecule has 2 heterocycles. The molecule has 6 nitrogen and oxygen atoms in total. The van der Waals surface area contributed by atoms with Crippen LogP contribution in [0.25, 0.3) is 0 Å². The lowest BCUT2D eigenvalue weighted by molar-refractivity contribution is 0.0992.